The smallest absolute Gasteiger partial charge is 0.329 e. The molecule has 4 rings (SSSR count). The number of rotatable bonds is 13. The molecule has 0 unspecified atom stereocenters. The maximum atomic E-state index is 11.5. The number of aryl methyl sites for hydroxylation is 1. The maximum Gasteiger partial charge on any atom is 0.329 e. The lowest BCUT2D eigenvalue weighted by molar-refractivity contribution is -0.142. The lowest BCUT2D eigenvalue weighted by Gasteiger charge is -2.08. The second kappa shape index (κ2) is 11.9. The first-order valence-corrected chi connectivity index (χ1v) is 11.0. The van der Waals surface area contributed by atoms with Gasteiger partial charge in [0.05, 0.1) is 31.7 Å². The molecule has 0 atom stereocenters. The number of ether oxygens (including phenoxy) is 4. The van der Waals surface area contributed by atoms with Crippen molar-refractivity contribution in [2.75, 3.05) is 33.0 Å². The summed E-state index contributed by atoms with van der Waals surface area (Å²) in [5, 5.41) is 12.6. The molecule has 0 saturated carbocycles. The third kappa shape index (κ3) is 6.87. The highest BCUT2D eigenvalue weighted by Crippen LogP contribution is 2.26. The number of hydrogen-bond donors (Lipinski definition) is 1. The maximum absolute atomic E-state index is 11.5. The number of aromatic nitrogens is 4. The number of oxazole rings is 1. The van der Waals surface area contributed by atoms with Crippen molar-refractivity contribution < 1.29 is 33.3 Å². The van der Waals surface area contributed by atoms with Crippen LogP contribution >= 0.6 is 0 Å². The predicted molar refractivity (Wildman–Crippen MR) is 126 cm³/mol. The normalized spacial score (nSPS) is 11.0. The van der Waals surface area contributed by atoms with Gasteiger partial charge in [0.1, 0.15) is 42.5 Å². The van der Waals surface area contributed by atoms with E-state index in [1.807, 2.05) is 0 Å². The van der Waals surface area contributed by atoms with E-state index in [0.29, 0.717) is 53.1 Å². The molecule has 3 aromatic heterocycles. The van der Waals surface area contributed by atoms with Gasteiger partial charge in [-0.15, -0.1) is 0 Å². The molecule has 0 radical (unpaired) electrons. The Kier molecular flexibility index (Phi) is 8.21. The van der Waals surface area contributed by atoms with Gasteiger partial charge in [0.2, 0.25) is 5.89 Å². The summed E-state index contributed by atoms with van der Waals surface area (Å²) in [4.78, 5) is 30.6. The summed E-state index contributed by atoms with van der Waals surface area (Å²) in [6.07, 6.45) is 1.60. The van der Waals surface area contributed by atoms with Gasteiger partial charge < -0.3 is 28.5 Å². The highest BCUT2D eigenvalue weighted by molar-refractivity contribution is 5.77. The first-order valence-electron chi connectivity index (χ1n) is 11.0. The van der Waals surface area contributed by atoms with E-state index in [1.54, 1.807) is 49.6 Å². The molecule has 0 spiro atoms. The molecule has 0 aliphatic heterocycles. The quantitative estimate of drug-likeness (QED) is 0.271. The summed E-state index contributed by atoms with van der Waals surface area (Å²) in [6, 6.07) is 11.9. The number of nitrogens with zero attached hydrogens (tertiary/aromatic N) is 4. The van der Waals surface area contributed by atoms with Crippen molar-refractivity contribution in [3.8, 4) is 23.1 Å². The number of carboxylic acids is 1. The van der Waals surface area contributed by atoms with Crippen molar-refractivity contribution in [1.82, 2.24) is 19.7 Å². The Hall–Kier alpha value is -4.29. The van der Waals surface area contributed by atoms with Gasteiger partial charge in [-0.2, -0.15) is 5.10 Å². The van der Waals surface area contributed by atoms with Crippen molar-refractivity contribution >= 4 is 17.1 Å². The highest BCUT2D eigenvalue weighted by atomic mass is 16.5. The zero-order valence-corrected chi connectivity index (χ0v) is 19.5. The van der Waals surface area contributed by atoms with E-state index in [1.165, 1.54) is 10.7 Å². The van der Waals surface area contributed by atoms with Gasteiger partial charge in [-0.1, -0.05) is 0 Å². The van der Waals surface area contributed by atoms with Crippen LogP contribution < -0.4 is 15.0 Å². The number of carbonyl (C=O) groups is 1. The first kappa shape index (κ1) is 24.8. The molecule has 4 aromatic rings. The largest absolute Gasteiger partial charge is 0.490 e. The average molecular weight is 496 g/mol. The van der Waals surface area contributed by atoms with Crippen LogP contribution in [0.2, 0.25) is 0 Å². The molecule has 0 aliphatic rings. The van der Waals surface area contributed by atoms with Gasteiger partial charge in [-0.25, -0.2) is 14.5 Å². The average Bonchev–Trinajstić information content (AvgIpc) is 3.30. The van der Waals surface area contributed by atoms with Gasteiger partial charge in [-0.3, -0.25) is 9.78 Å². The molecule has 0 amide bonds. The van der Waals surface area contributed by atoms with Gasteiger partial charge in [-0.05, 0) is 30.3 Å². The second-order valence-corrected chi connectivity index (χ2v) is 7.51. The van der Waals surface area contributed by atoms with Gasteiger partial charge >= 0.3 is 5.97 Å². The molecule has 36 heavy (non-hydrogen) atoms. The fraction of sp³-hybridized carbons (Fsp3) is 0.292. The van der Waals surface area contributed by atoms with Gasteiger partial charge in [0, 0.05) is 19.2 Å². The molecular formula is C24H24N4O8. The molecule has 3 heterocycles. The van der Waals surface area contributed by atoms with Crippen LogP contribution in [0.25, 0.3) is 22.7 Å². The second-order valence-electron chi connectivity index (χ2n) is 7.51. The standard InChI is InChI=1S/C24H24N4O8/c1-28-22(29)7-5-19(27-28)24-26-20-12-17(4-6-21(20)36-24)35-14-16-2-3-18(13-25-16)34-11-10-32-8-9-33-15-23(30)31/h2-7,12-13H,8-11,14-15H2,1H3,(H,30,31). The summed E-state index contributed by atoms with van der Waals surface area (Å²) in [5.41, 5.74) is 2.13. The van der Waals surface area contributed by atoms with Gasteiger partial charge in [0.15, 0.2) is 5.58 Å². The van der Waals surface area contributed by atoms with Crippen molar-refractivity contribution in [3.05, 3.63) is 64.7 Å². The Labute approximate surface area is 205 Å². The summed E-state index contributed by atoms with van der Waals surface area (Å²) in [6.45, 7) is 1.07. The van der Waals surface area contributed by atoms with E-state index in [-0.39, 0.29) is 32.0 Å². The van der Waals surface area contributed by atoms with E-state index in [4.69, 9.17) is 28.5 Å². The minimum Gasteiger partial charge on any atom is -0.490 e. The lowest BCUT2D eigenvalue weighted by Crippen LogP contribution is -2.18. The van der Waals surface area contributed by atoms with Crippen LogP contribution in [-0.2, 0) is 27.9 Å². The Bertz CT molecular complexity index is 1370. The number of hydrogen-bond acceptors (Lipinski definition) is 10. The van der Waals surface area contributed by atoms with Crippen LogP contribution in [-0.4, -0.2) is 63.9 Å². The fourth-order valence-corrected chi connectivity index (χ4v) is 3.06. The fourth-order valence-electron chi connectivity index (χ4n) is 3.06. The molecule has 1 N–H and O–H groups in total. The zero-order valence-electron chi connectivity index (χ0n) is 19.5. The van der Waals surface area contributed by atoms with Crippen LogP contribution in [0, 0.1) is 0 Å². The van der Waals surface area contributed by atoms with E-state index in [0.717, 1.165) is 0 Å². The van der Waals surface area contributed by atoms with Crippen LogP contribution in [0.5, 0.6) is 11.5 Å². The summed E-state index contributed by atoms with van der Waals surface area (Å²) in [7, 11) is 1.56. The third-order valence-corrected chi connectivity index (χ3v) is 4.82. The number of carboxylic acid groups (broad SMARTS) is 1. The minimum absolute atomic E-state index is 0.208. The number of aliphatic carboxylic acids is 1. The Morgan fingerprint density at radius 1 is 1.00 bits per heavy atom. The molecule has 12 nitrogen and oxygen atoms in total. The van der Waals surface area contributed by atoms with Crippen LogP contribution in [0.4, 0.5) is 0 Å². The Morgan fingerprint density at radius 2 is 1.81 bits per heavy atom. The predicted octanol–water partition coefficient (Wildman–Crippen LogP) is 2.06. The lowest BCUT2D eigenvalue weighted by atomic mass is 10.3. The van der Waals surface area contributed by atoms with Crippen molar-refractivity contribution in [3.63, 3.8) is 0 Å². The molecule has 12 heteroatoms. The zero-order chi connectivity index (χ0) is 25.3. The molecule has 188 valence electrons. The molecule has 1 aromatic carbocycles. The summed E-state index contributed by atoms with van der Waals surface area (Å²) < 4.78 is 28.5. The first-order chi connectivity index (χ1) is 17.5. The van der Waals surface area contributed by atoms with Crippen LogP contribution in [0.3, 0.4) is 0 Å². The minimum atomic E-state index is -1.01. The topological polar surface area (TPSA) is 148 Å². The van der Waals surface area contributed by atoms with E-state index < -0.39 is 5.97 Å². The van der Waals surface area contributed by atoms with Crippen LogP contribution in [0.1, 0.15) is 5.69 Å². The third-order valence-electron chi connectivity index (χ3n) is 4.82. The Morgan fingerprint density at radius 3 is 2.58 bits per heavy atom. The van der Waals surface area contributed by atoms with Crippen molar-refractivity contribution in [1.29, 1.82) is 0 Å². The SMILES string of the molecule is Cn1nc(-c2nc3cc(OCc4ccc(OCCOCCOCC(=O)O)cn4)ccc3o2)ccc1=O. The molecule has 0 bridgehead atoms. The number of pyridine rings is 1. The van der Waals surface area contributed by atoms with Crippen molar-refractivity contribution in [2.24, 2.45) is 7.05 Å². The van der Waals surface area contributed by atoms with Crippen molar-refractivity contribution in [2.45, 2.75) is 6.61 Å². The summed E-state index contributed by atoms with van der Waals surface area (Å²) in [5.74, 6) is 0.490. The highest BCUT2D eigenvalue weighted by Gasteiger charge is 2.12. The Balaban J connectivity index is 1.23. The van der Waals surface area contributed by atoms with E-state index >= 15 is 0 Å². The van der Waals surface area contributed by atoms with E-state index in [2.05, 4.69) is 15.1 Å². The monoisotopic (exact) mass is 496 g/mol. The molecule has 0 saturated heterocycles. The van der Waals surface area contributed by atoms with Crippen LogP contribution in [0.15, 0.2) is 57.9 Å². The molecule has 0 fully saturated rings. The number of benzene rings is 1. The van der Waals surface area contributed by atoms with E-state index in [9.17, 15) is 9.59 Å². The molecular weight excluding hydrogens is 472 g/mol. The summed E-state index contributed by atoms with van der Waals surface area (Å²) >= 11 is 0. The number of fused-ring (bicyclic) bond motifs is 1. The van der Waals surface area contributed by atoms with Gasteiger partial charge in [0.25, 0.3) is 5.56 Å². The molecule has 0 aliphatic carbocycles.